The maximum atomic E-state index is 13.9. The van der Waals surface area contributed by atoms with Crippen LogP contribution in [0.15, 0.2) is 66.7 Å². The molecule has 0 fully saturated rings. The van der Waals surface area contributed by atoms with Crippen LogP contribution in [0.5, 0.6) is 5.75 Å². The average Bonchev–Trinajstić information content (AvgIpc) is 2.78. The topological polar surface area (TPSA) is 67.4 Å². The Morgan fingerprint density at radius 1 is 1.06 bits per heavy atom. The molecule has 2 amide bonds. The normalized spacial score (nSPS) is 14.8. The first kappa shape index (κ1) is 20.6. The van der Waals surface area contributed by atoms with Gasteiger partial charge in [0.25, 0.3) is 5.91 Å². The first-order valence-corrected chi connectivity index (χ1v) is 10.1. The lowest BCUT2D eigenvalue weighted by Crippen LogP contribution is -2.37. The number of amides is 2. The molecule has 4 rings (SSSR count). The van der Waals surface area contributed by atoms with E-state index in [0.29, 0.717) is 31.0 Å². The fourth-order valence-corrected chi connectivity index (χ4v) is 3.62. The Hall–Kier alpha value is -3.67. The number of hydrogen-bond donors (Lipinski definition) is 2. The molecule has 2 N–H and O–H groups in total. The van der Waals surface area contributed by atoms with Crippen molar-refractivity contribution in [1.29, 1.82) is 0 Å². The third-order valence-corrected chi connectivity index (χ3v) is 5.43. The maximum absolute atomic E-state index is 13.9. The van der Waals surface area contributed by atoms with Gasteiger partial charge in [0.2, 0.25) is 5.91 Å². The lowest BCUT2D eigenvalue weighted by Gasteiger charge is -2.25. The van der Waals surface area contributed by atoms with Gasteiger partial charge in [-0.15, -0.1) is 0 Å². The van der Waals surface area contributed by atoms with Crippen molar-refractivity contribution in [3.63, 3.8) is 0 Å². The van der Waals surface area contributed by atoms with Gasteiger partial charge in [-0.05, 0) is 60.4 Å². The van der Waals surface area contributed by atoms with Crippen molar-refractivity contribution in [3.8, 4) is 5.75 Å². The number of carbonyl (C=O) groups excluding carboxylic acids is 2. The third-order valence-electron chi connectivity index (χ3n) is 5.43. The van der Waals surface area contributed by atoms with Crippen LogP contribution in [0, 0.1) is 18.7 Å². The number of benzene rings is 3. The molecule has 0 aliphatic carbocycles. The highest BCUT2D eigenvalue weighted by atomic mass is 19.1. The molecule has 1 atom stereocenters. The molecule has 0 saturated carbocycles. The number of aryl methyl sites for hydroxylation is 1. The fourth-order valence-electron chi connectivity index (χ4n) is 3.62. The Kier molecular flexibility index (Phi) is 5.98. The van der Waals surface area contributed by atoms with E-state index in [1.807, 2.05) is 31.2 Å². The van der Waals surface area contributed by atoms with Gasteiger partial charge >= 0.3 is 0 Å². The number of fused-ring (bicyclic) bond motifs is 1. The highest BCUT2D eigenvalue weighted by molar-refractivity contribution is 6.04. The summed E-state index contributed by atoms with van der Waals surface area (Å²) >= 11 is 0. The molecule has 0 bridgehead atoms. The summed E-state index contributed by atoms with van der Waals surface area (Å²) in [7, 11) is 0. The second-order valence-electron chi connectivity index (χ2n) is 7.61. The molecular formula is C25H23FN2O3. The van der Waals surface area contributed by atoms with Crippen molar-refractivity contribution in [2.24, 2.45) is 5.92 Å². The summed E-state index contributed by atoms with van der Waals surface area (Å²) in [6.45, 7) is 2.78. The molecule has 3 aromatic rings. The van der Waals surface area contributed by atoms with Gasteiger partial charge < -0.3 is 15.4 Å². The molecule has 0 radical (unpaired) electrons. The van der Waals surface area contributed by atoms with E-state index in [9.17, 15) is 14.0 Å². The van der Waals surface area contributed by atoms with Gasteiger partial charge in [-0.3, -0.25) is 9.59 Å². The van der Waals surface area contributed by atoms with Crippen LogP contribution in [-0.2, 0) is 17.8 Å². The van der Waals surface area contributed by atoms with Gasteiger partial charge in [-0.25, -0.2) is 4.39 Å². The minimum absolute atomic E-state index is 0.0232. The number of halogens is 1. The van der Waals surface area contributed by atoms with E-state index in [1.54, 1.807) is 24.3 Å². The van der Waals surface area contributed by atoms with Gasteiger partial charge in [-0.1, -0.05) is 36.4 Å². The second kappa shape index (κ2) is 9.00. The minimum Gasteiger partial charge on any atom is -0.492 e. The lowest BCUT2D eigenvalue weighted by atomic mass is 9.95. The molecule has 0 saturated heterocycles. The Labute approximate surface area is 180 Å². The average molecular weight is 418 g/mol. The van der Waals surface area contributed by atoms with Crippen LogP contribution in [0.1, 0.15) is 27.0 Å². The SMILES string of the molecule is Cc1ccccc1CNC(=O)[C@H]1COc2ccc(NC(=O)c3ccccc3F)cc2C1. The van der Waals surface area contributed by atoms with Crippen LogP contribution in [0.3, 0.4) is 0 Å². The molecule has 0 unspecified atom stereocenters. The predicted octanol–water partition coefficient (Wildman–Crippen LogP) is 4.25. The van der Waals surface area contributed by atoms with Crippen LogP contribution in [-0.4, -0.2) is 18.4 Å². The molecular weight excluding hydrogens is 395 g/mol. The van der Waals surface area contributed by atoms with E-state index in [2.05, 4.69) is 10.6 Å². The largest absolute Gasteiger partial charge is 0.492 e. The van der Waals surface area contributed by atoms with Gasteiger partial charge in [-0.2, -0.15) is 0 Å². The summed E-state index contributed by atoms with van der Waals surface area (Å²) in [5, 5.41) is 5.70. The summed E-state index contributed by atoms with van der Waals surface area (Å²) in [6, 6.07) is 19.0. The van der Waals surface area contributed by atoms with E-state index >= 15 is 0 Å². The smallest absolute Gasteiger partial charge is 0.258 e. The molecule has 0 spiro atoms. The summed E-state index contributed by atoms with van der Waals surface area (Å²) < 4.78 is 19.6. The predicted molar refractivity (Wildman–Crippen MR) is 117 cm³/mol. The highest BCUT2D eigenvalue weighted by Crippen LogP contribution is 2.30. The molecule has 1 heterocycles. The zero-order chi connectivity index (χ0) is 21.8. The van der Waals surface area contributed by atoms with Crippen molar-refractivity contribution >= 4 is 17.5 Å². The number of nitrogens with one attached hydrogen (secondary N) is 2. The molecule has 5 nitrogen and oxygen atoms in total. The number of carbonyl (C=O) groups is 2. The van der Waals surface area contributed by atoms with Crippen LogP contribution >= 0.6 is 0 Å². The van der Waals surface area contributed by atoms with E-state index in [4.69, 9.17) is 4.74 Å². The Morgan fingerprint density at radius 2 is 1.84 bits per heavy atom. The van der Waals surface area contributed by atoms with Crippen LogP contribution in [0.2, 0.25) is 0 Å². The summed E-state index contributed by atoms with van der Waals surface area (Å²) in [6.07, 6.45) is 0.498. The molecule has 0 aromatic heterocycles. The number of ether oxygens (including phenoxy) is 1. The Balaban J connectivity index is 1.41. The molecule has 6 heteroatoms. The van der Waals surface area contributed by atoms with Crippen LogP contribution < -0.4 is 15.4 Å². The molecule has 1 aliphatic rings. The van der Waals surface area contributed by atoms with Gasteiger partial charge in [0.1, 0.15) is 18.2 Å². The van der Waals surface area contributed by atoms with E-state index in [0.717, 1.165) is 16.7 Å². The first-order valence-electron chi connectivity index (χ1n) is 10.1. The standard InChI is InChI=1S/C25H23FN2O3/c1-16-6-2-3-7-17(16)14-27-24(29)19-12-18-13-20(10-11-23(18)31-15-19)28-25(30)21-8-4-5-9-22(21)26/h2-11,13,19H,12,14-15H2,1H3,(H,27,29)(H,28,30)/t19-/m1/s1. The fraction of sp³-hybridized carbons (Fsp3) is 0.200. The summed E-state index contributed by atoms with van der Waals surface area (Å²) in [5.74, 6) is -0.815. The lowest BCUT2D eigenvalue weighted by molar-refractivity contribution is -0.126. The Morgan fingerprint density at radius 3 is 2.65 bits per heavy atom. The third kappa shape index (κ3) is 4.74. The number of rotatable bonds is 5. The van der Waals surface area contributed by atoms with E-state index in [-0.39, 0.29) is 17.4 Å². The van der Waals surface area contributed by atoms with E-state index < -0.39 is 11.7 Å². The quantitative estimate of drug-likeness (QED) is 0.651. The number of hydrogen-bond acceptors (Lipinski definition) is 3. The zero-order valence-corrected chi connectivity index (χ0v) is 17.2. The van der Waals surface area contributed by atoms with Crippen LogP contribution in [0.25, 0.3) is 0 Å². The second-order valence-corrected chi connectivity index (χ2v) is 7.61. The zero-order valence-electron chi connectivity index (χ0n) is 17.2. The number of anilines is 1. The summed E-state index contributed by atoms with van der Waals surface area (Å²) in [4.78, 5) is 25.1. The van der Waals surface area contributed by atoms with Crippen molar-refractivity contribution in [3.05, 3.63) is 94.8 Å². The van der Waals surface area contributed by atoms with Crippen molar-refractivity contribution in [2.45, 2.75) is 19.9 Å². The van der Waals surface area contributed by atoms with Gasteiger partial charge in [0.15, 0.2) is 0 Å². The van der Waals surface area contributed by atoms with Crippen molar-refractivity contribution in [2.75, 3.05) is 11.9 Å². The molecule has 158 valence electrons. The van der Waals surface area contributed by atoms with Crippen LogP contribution in [0.4, 0.5) is 10.1 Å². The Bertz CT molecular complexity index is 1130. The monoisotopic (exact) mass is 418 g/mol. The molecule has 31 heavy (non-hydrogen) atoms. The maximum Gasteiger partial charge on any atom is 0.258 e. The van der Waals surface area contributed by atoms with E-state index in [1.165, 1.54) is 18.2 Å². The highest BCUT2D eigenvalue weighted by Gasteiger charge is 2.26. The summed E-state index contributed by atoms with van der Waals surface area (Å²) in [5.41, 5.74) is 3.53. The molecule has 3 aromatic carbocycles. The van der Waals surface area contributed by atoms with Gasteiger partial charge in [0, 0.05) is 12.2 Å². The van der Waals surface area contributed by atoms with Gasteiger partial charge in [0.05, 0.1) is 11.5 Å². The van der Waals surface area contributed by atoms with Crippen molar-refractivity contribution in [1.82, 2.24) is 5.32 Å². The molecule has 1 aliphatic heterocycles. The minimum atomic E-state index is -0.577. The first-order chi connectivity index (χ1) is 15.0. The van der Waals surface area contributed by atoms with Crippen molar-refractivity contribution < 1.29 is 18.7 Å².